The number of urea groups is 2. The van der Waals surface area contributed by atoms with Crippen molar-refractivity contribution in [1.82, 2.24) is 46.2 Å². The van der Waals surface area contributed by atoms with Crippen molar-refractivity contribution in [3.8, 4) is 154 Å². The second-order valence-electron chi connectivity index (χ2n) is 50.2. The predicted octanol–water partition coefficient (Wildman–Crippen LogP) is 19.8. The number of primary amides is 2. The van der Waals surface area contributed by atoms with Gasteiger partial charge in [-0.2, -0.15) is 0 Å². The molecule has 26 heteroatoms. The lowest BCUT2D eigenvalue weighted by molar-refractivity contribution is -0.118. The summed E-state index contributed by atoms with van der Waals surface area (Å²) in [5.41, 5.74) is 16.2. The zero-order chi connectivity index (χ0) is 119. The number of aliphatic hydroxyl groups excluding tert-OH is 1. The van der Waals surface area contributed by atoms with Crippen molar-refractivity contribution in [1.29, 1.82) is 0 Å². The molecule has 149 heavy (non-hydrogen) atoms. The van der Waals surface area contributed by atoms with Crippen LogP contribution in [0.25, 0.3) is 0 Å². The molecule has 2 aliphatic heterocycles. The highest BCUT2D eigenvalue weighted by atomic mass is 32.2. The van der Waals surface area contributed by atoms with Crippen LogP contribution < -0.4 is 49.1 Å². The number of aliphatic hydroxyl groups is 1. The summed E-state index contributed by atoms with van der Waals surface area (Å²) in [6.45, 7) is 105. The Bertz CT molecular complexity index is 4840. The van der Waals surface area contributed by atoms with Gasteiger partial charge in [-0.1, -0.05) is 148 Å². The van der Waals surface area contributed by atoms with Gasteiger partial charge in [0.15, 0.2) is 9.84 Å². The second-order valence-corrected chi connectivity index (χ2v) is 52.5. The quantitative estimate of drug-likeness (QED) is 0.0973. The van der Waals surface area contributed by atoms with E-state index in [-0.39, 0.29) is 106 Å². The van der Waals surface area contributed by atoms with Crippen molar-refractivity contribution in [2.75, 3.05) is 156 Å². The van der Waals surface area contributed by atoms with Crippen LogP contribution in [0.1, 0.15) is 331 Å². The number of carbonyl (C=O) groups is 6. The smallest absolute Gasteiger partial charge is 0.410 e. The average molecular weight is 2090 g/mol. The number of hydrogen-bond donors (Lipinski definition) is 10. The Kier molecular flexibility index (Phi) is 85.1. The van der Waals surface area contributed by atoms with E-state index in [9.17, 15) is 37.2 Å². The van der Waals surface area contributed by atoms with E-state index in [0.29, 0.717) is 58.9 Å². The van der Waals surface area contributed by atoms with Crippen molar-refractivity contribution in [2.45, 2.75) is 337 Å². The molecule has 3 rings (SSSR count). The molecular weight excluding hydrogens is 1880 g/mol. The van der Waals surface area contributed by atoms with E-state index in [1.54, 1.807) is 7.05 Å². The first-order valence-electron chi connectivity index (χ1n) is 50.7. The Morgan fingerprint density at radius 2 is 0.705 bits per heavy atom. The molecule has 25 nitrogen and oxygen atoms in total. The minimum atomic E-state index is -2.76. The summed E-state index contributed by atoms with van der Waals surface area (Å²) >= 11 is 0. The molecule has 0 radical (unpaired) electrons. The number of terminal acetylenes is 1. The number of carbonyl (C=O) groups excluding carboxylic acids is 6. The third-order valence-corrected chi connectivity index (χ3v) is 15.8. The lowest BCUT2D eigenvalue weighted by Crippen LogP contribution is -2.40. The maximum Gasteiger partial charge on any atom is 0.410 e. The van der Waals surface area contributed by atoms with Crippen LogP contribution in [-0.2, 0) is 33.6 Å². The van der Waals surface area contributed by atoms with Crippen LogP contribution in [0.5, 0.6) is 0 Å². The maximum atomic E-state index is 11.6. The molecule has 0 bridgehead atoms. The third-order valence-electron chi connectivity index (χ3n) is 14.2. The van der Waals surface area contributed by atoms with E-state index in [4.69, 9.17) is 42.9 Å². The Morgan fingerprint density at radius 1 is 0.403 bits per heavy atom. The molecule has 8 amide bonds. The number of morpholine rings is 1. The van der Waals surface area contributed by atoms with E-state index in [1.807, 2.05) is 232 Å². The zero-order valence-corrected chi connectivity index (χ0v) is 104. The lowest BCUT2D eigenvalue weighted by atomic mass is 9.97. The number of rotatable bonds is 10. The Labute approximate surface area is 913 Å². The van der Waals surface area contributed by atoms with Gasteiger partial charge in [0.2, 0.25) is 11.8 Å². The molecular formula is C123H209N13O12S. The number of benzene rings is 1. The summed E-state index contributed by atoms with van der Waals surface area (Å²) in [6, 6.07) is 6.48. The predicted molar refractivity (Wildman–Crippen MR) is 633 cm³/mol. The molecule has 1 aromatic rings. The van der Waals surface area contributed by atoms with Gasteiger partial charge in [-0.05, 0) is 351 Å². The number of nitrogens with one attached hydrogen (secondary N) is 6. The molecule has 0 atom stereocenters. The summed E-state index contributed by atoms with van der Waals surface area (Å²) in [6.07, 6.45) is 4.29. The first-order valence-corrected chi connectivity index (χ1v) is 52.5. The van der Waals surface area contributed by atoms with Gasteiger partial charge in [0.05, 0.1) is 90.2 Å². The largest absolute Gasteiger partial charge is 0.444 e. The second kappa shape index (κ2) is 80.1. The number of amides is 8. The maximum absolute atomic E-state index is 11.6. The zero-order valence-electron chi connectivity index (χ0n) is 103. The van der Waals surface area contributed by atoms with Gasteiger partial charge < -0.3 is 73.3 Å². The highest BCUT2D eigenvalue weighted by Gasteiger charge is 2.23. The first-order chi connectivity index (χ1) is 66.8. The molecule has 2 heterocycles. The van der Waals surface area contributed by atoms with E-state index in [1.165, 1.54) is 18.7 Å². The standard InChI is InChI=1S/C14H17NO.C13H23NO2.C12H21NO2.C11H19NO2S.C11H19NO.C9H15NO.C9H17N.2C8H14N2O.C8H15N.C7H13N.C7H12O.C6H10/c1-11(16)15-13-7-5-6-12(10-13)8-9-14(2,3)4;1-12(2,3)9-8-10-14(7)11(15)16-13(4,5)6;1-11(2,3)8-7-9-13-10(14)15-12(4,5)6;1-11(2,3)5-4-6-12-7-9-15(13,14)10-8-12;1-11(2,3)5-4-6-12-7-9-13-10-8-12;1-8(11)10-7-5-6-9(2,3)4;1-9(2,3)7-6-8-10(4)5;2*1-8(2,3)5-4-6-10-7(9)11;1-8(2,3)6-5-7-9-4;2*1-7(2,3)5-4-6-8;1-5-6(2,3)4/h5-7,10H,1-4H3,(H,15,16);10H2,1-7H3;9H2,1-6H3,(H,13,14);6-10H2,1-3H3;6-10H2,1-3H3;7H2,1-4H3,(H,10,11);8H2,1-5H3;2*6H2,1-3H3,(H3,9,10,11);9H,7H2,1-4H3;6,8H2,1-3H3;8H,6H2,1-3H3;1H,2-4H3. The molecule has 2 aliphatic rings. The highest BCUT2D eigenvalue weighted by molar-refractivity contribution is 7.91. The van der Waals surface area contributed by atoms with Crippen LogP contribution >= 0.6 is 0 Å². The molecule has 0 spiro atoms. The van der Waals surface area contributed by atoms with Crippen molar-refractivity contribution in [3.63, 3.8) is 0 Å². The van der Waals surface area contributed by atoms with E-state index in [0.717, 1.165) is 57.2 Å². The summed E-state index contributed by atoms with van der Waals surface area (Å²) in [5, 5.41) is 23.9. The van der Waals surface area contributed by atoms with Crippen molar-refractivity contribution >= 4 is 51.6 Å². The third kappa shape index (κ3) is 168. The fourth-order valence-electron chi connectivity index (χ4n) is 8.05. The fraction of sp³-hybridized carbons (Fsp3) is 0.691. The van der Waals surface area contributed by atoms with Crippen molar-refractivity contribution in [2.24, 2.45) is 87.6 Å². The normalized spacial score (nSPS) is 12.4. The Hall–Kier alpha value is -10.8. The molecule has 844 valence electrons. The van der Waals surface area contributed by atoms with Gasteiger partial charge in [0.1, 0.15) is 17.8 Å². The minimum Gasteiger partial charge on any atom is -0.444 e. The van der Waals surface area contributed by atoms with Crippen molar-refractivity contribution in [3.05, 3.63) is 29.8 Å². The summed E-state index contributed by atoms with van der Waals surface area (Å²) in [4.78, 5) is 72.3. The van der Waals surface area contributed by atoms with Crippen LogP contribution in [0.15, 0.2) is 24.3 Å². The molecule has 0 saturated carbocycles. The van der Waals surface area contributed by atoms with Crippen molar-refractivity contribution < 1.29 is 56.5 Å². The van der Waals surface area contributed by atoms with Crippen LogP contribution in [0.4, 0.5) is 24.9 Å². The monoisotopic (exact) mass is 2090 g/mol. The Balaban J connectivity index is -0.000000177. The fourth-order valence-corrected chi connectivity index (χ4v) is 9.32. The molecule has 0 unspecified atom stereocenters. The van der Waals surface area contributed by atoms with Crippen LogP contribution in [0.3, 0.4) is 0 Å². The lowest BCUT2D eigenvalue weighted by Gasteiger charge is -2.24. The van der Waals surface area contributed by atoms with Gasteiger partial charge in [0.25, 0.3) is 0 Å². The van der Waals surface area contributed by atoms with Gasteiger partial charge in [-0.25, -0.2) is 27.6 Å². The van der Waals surface area contributed by atoms with E-state index < -0.39 is 39.2 Å². The summed E-state index contributed by atoms with van der Waals surface area (Å²) < 4.78 is 37.8. The number of alkyl carbamates (subject to hydrolysis) is 1. The number of sulfone groups is 1. The average Bonchev–Trinajstić information content (AvgIpc) is 0.849. The number of anilines is 1. The molecule has 13 N–H and O–H groups in total. The molecule has 2 fully saturated rings. The topological polar surface area (TPSA) is 348 Å². The van der Waals surface area contributed by atoms with Gasteiger partial charge in [-0.15, -0.1) is 12.3 Å². The van der Waals surface area contributed by atoms with Gasteiger partial charge in [0, 0.05) is 129 Å². The highest BCUT2D eigenvalue weighted by Crippen LogP contribution is 2.20. The summed E-state index contributed by atoms with van der Waals surface area (Å²) in [5.74, 6) is 75.0. The van der Waals surface area contributed by atoms with Crippen LogP contribution in [0, 0.1) is 225 Å². The van der Waals surface area contributed by atoms with E-state index >= 15 is 0 Å². The van der Waals surface area contributed by atoms with Crippen LogP contribution in [0.2, 0.25) is 0 Å². The number of nitrogens with zero attached hydrogens (tertiary/aromatic N) is 4. The van der Waals surface area contributed by atoms with Crippen LogP contribution in [-0.4, -0.2) is 232 Å². The SMILES string of the molecule is C#CC(C)(C)C.CC(=O)NCC#CC(C)(C)C.CC(=O)Nc1cccc(C#CC(C)(C)C)c1.CC(C)(C)C#CCN.CC(C)(C)C#CCN1CCOCC1.CC(C)(C)C#CCN1CCS(=O)(=O)CC1.CC(C)(C)C#CCNC(=O)OC(C)(C)C.CC(C)(C)C#CCNC(N)=O.CC(C)(C)C#CCNC(N)=O.CC(C)(C)C#CCO.CN(C)CC#CC(C)(C)C.CN(CC#CC(C)(C)C)C(=O)OC(C)(C)C.CNCC#CC(C)(C)C. The Morgan fingerprint density at radius 3 is 0.987 bits per heavy atom. The number of nitrogens with two attached hydrogens (primary N) is 3. The molecule has 1 aromatic carbocycles. The molecule has 2 saturated heterocycles. The minimum absolute atomic E-state index is 0.00991. The van der Waals surface area contributed by atoms with E-state index in [2.05, 4.69) is 319 Å². The number of hydrogen-bond acceptors (Lipinski definition) is 17. The summed E-state index contributed by atoms with van der Waals surface area (Å²) in [7, 11) is 4.88. The van der Waals surface area contributed by atoms with Gasteiger partial charge >= 0.3 is 24.2 Å². The molecule has 0 aliphatic carbocycles. The van der Waals surface area contributed by atoms with Gasteiger partial charge in [-0.3, -0.25) is 24.3 Å². The molecule has 0 aromatic heterocycles. The number of ether oxygens (including phenoxy) is 3. The first kappa shape index (κ1) is 158.